The van der Waals surface area contributed by atoms with E-state index in [0.717, 1.165) is 16.9 Å². The molecule has 0 aliphatic rings. The molecule has 3 aromatic carbocycles. The van der Waals surface area contributed by atoms with Gasteiger partial charge in [-0.2, -0.15) is 0 Å². The molecule has 174 valence electrons. The molecule has 6 heteroatoms. The number of oxazole rings is 1. The van der Waals surface area contributed by atoms with E-state index in [-0.39, 0.29) is 17.6 Å². The number of amides is 1. The highest BCUT2D eigenvalue weighted by atomic mass is 16.5. The van der Waals surface area contributed by atoms with Crippen LogP contribution in [0.2, 0.25) is 0 Å². The number of aromatic nitrogens is 1. The van der Waals surface area contributed by atoms with Crippen LogP contribution >= 0.6 is 0 Å². The SMILES string of the molecule is COc1ccccc1CN(Cc1nc(C(=O)NCc2ccccc2)co1)C(C)c1ccccc1. The Balaban J connectivity index is 1.49. The van der Waals surface area contributed by atoms with Gasteiger partial charge in [-0.25, -0.2) is 4.98 Å². The minimum atomic E-state index is -0.258. The van der Waals surface area contributed by atoms with Crippen LogP contribution in [0.1, 0.15) is 46.0 Å². The number of hydrogen-bond acceptors (Lipinski definition) is 5. The van der Waals surface area contributed by atoms with Crippen LogP contribution in [-0.2, 0) is 19.6 Å². The van der Waals surface area contributed by atoms with Gasteiger partial charge in [0, 0.05) is 24.7 Å². The minimum absolute atomic E-state index is 0.0911. The van der Waals surface area contributed by atoms with Crippen molar-refractivity contribution in [3.63, 3.8) is 0 Å². The molecule has 0 bridgehead atoms. The Morgan fingerprint density at radius 3 is 2.38 bits per heavy atom. The molecule has 6 nitrogen and oxygen atoms in total. The summed E-state index contributed by atoms with van der Waals surface area (Å²) in [7, 11) is 1.68. The standard InChI is InChI=1S/C28H29N3O3/c1-21(23-13-7-4-8-14-23)31(18-24-15-9-10-16-26(24)33-2)19-27-30-25(20-34-27)28(32)29-17-22-11-5-3-6-12-22/h3-16,20-21H,17-19H2,1-2H3,(H,29,32). The van der Waals surface area contributed by atoms with Crippen molar-refractivity contribution in [2.24, 2.45) is 0 Å². The van der Waals surface area contributed by atoms with Crippen LogP contribution in [0.5, 0.6) is 5.75 Å². The summed E-state index contributed by atoms with van der Waals surface area (Å²) in [4.78, 5) is 19.3. The maximum Gasteiger partial charge on any atom is 0.273 e. The Hall–Kier alpha value is -3.90. The molecule has 0 aliphatic heterocycles. The quantitative estimate of drug-likeness (QED) is 0.348. The highest BCUT2D eigenvalue weighted by Gasteiger charge is 2.21. The fourth-order valence-corrected chi connectivity index (χ4v) is 3.85. The average Bonchev–Trinajstić information content (AvgIpc) is 3.36. The summed E-state index contributed by atoms with van der Waals surface area (Å²) in [6, 6.07) is 28.1. The zero-order chi connectivity index (χ0) is 23.8. The lowest BCUT2D eigenvalue weighted by Crippen LogP contribution is -2.27. The lowest BCUT2D eigenvalue weighted by atomic mass is 10.1. The number of methoxy groups -OCH3 is 1. The topological polar surface area (TPSA) is 67.6 Å². The van der Waals surface area contributed by atoms with Crippen molar-refractivity contribution in [2.75, 3.05) is 7.11 Å². The van der Waals surface area contributed by atoms with Gasteiger partial charge in [-0.05, 0) is 24.1 Å². The van der Waals surface area contributed by atoms with Crippen LogP contribution < -0.4 is 10.1 Å². The van der Waals surface area contributed by atoms with Gasteiger partial charge < -0.3 is 14.5 Å². The van der Waals surface area contributed by atoms with Crippen molar-refractivity contribution in [1.29, 1.82) is 0 Å². The number of ether oxygens (including phenoxy) is 1. The number of benzene rings is 3. The van der Waals surface area contributed by atoms with Crippen LogP contribution in [0.4, 0.5) is 0 Å². The molecule has 1 amide bonds. The normalized spacial score (nSPS) is 11.9. The predicted octanol–water partition coefficient (Wildman–Crippen LogP) is 5.38. The van der Waals surface area contributed by atoms with Gasteiger partial charge in [0.15, 0.2) is 5.69 Å². The van der Waals surface area contributed by atoms with Gasteiger partial charge in [0.05, 0.1) is 13.7 Å². The summed E-state index contributed by atoms with van der Waals surface area (Å²) >= 11 is 0. The van der Waals surface area contributed by atoms with Crippen molar-refractivity contribution in [3.8, 4) is 5.75 Å². The summed E-state index contributed by atoms with van der Waals surface area (Å²) in [6.45, 7) is 3.67. The van der Waals surface area contributed by atoms with E-state index in [1.54, 1.807) is 7.11 Å². The van der Waals surface area contributed by atoms with E-state index in [1.807, 2.05) is 66.7 Å². The van der Waals surface area contributed by atoms with Gasteiger partial charge >= 0.3 is 0 Å². The van der Waals surface area contributed by atoms with Crippen LogP contribution in [0, 0.1) is 0 Å². The maximum absolute atomic E-state index is 12.6. The van der Waals surface area contributed by atoms with Gasteiger partial charge in [-0.15, -0.1) is 0 Å². The number of nitrogens with zero attached hydrogens (tertiary/aromatic N) is 2. The zero-order valence-corrected chi connectivity index (χ0v) is 19.5. The summed E-state index contributed by atoms with van der Waals surface area (Å²) in [6.07, 6.45) is 1.42. The molecule has 34 heavy (non-hydrogen) atoms. The number of carbonyl (C=O) groups excluding carboxylic acids is 1. The second kappa shape index (κ2) is 11.3. The van der Waals surface area contributed by atoms with Crippen LogP contribution in [0.25, 0.3) is 0 Å². The molecule has 1 aromatic heterocycles. The van der Waals surface area contributed by atoms with E-state index in [0.29, 0.717) is 25.5 Å². The Kier molecular flexibility index (Phi) is 7.73. The molecule has 0 saturated heterocycles. The lowest BCUT2D eigenvalue weighted by Gasteiger charge is -2.29. The van der Waals surface area contributed by atoms with Crippen molar-refractivity contribution in [1.82, 2.24) is 15.2 Å². The number of para-hydroxylation sites is 1. The molecule has 0 saturated carbocycles. The molecule has 1 unspecified atom stereocenters. The van der Waals surface area contributed by atoms with Crippen molar-refractivity contribution >= 4 is 5.91 Å². The van der Waals surface area contributed by atoms with E-state index in [9.17, 15) is 4.79 Å². The first-order chi connectivity index (χ1) is 16.6. The smallest absolute Gasteiger partial charge is 0.273 e. The molecule has 4 aromatic rings. The zero-order valence-electron chi connectivity index (χ0n) is 19.5. The van der Waals surface area contributed by atoms with E-state index in [4.69, 9.17) is 9.15 Å². The van der Waals surface area contributed by atoms with Gasteiger partial charge in [0.2, 0.25) is 5.89 Å². The molecular weight excluding hydrogens is 426 g/mol. The van der Waals surface area contributed by atoms with Gasteiger partial charge in [-0.1, -0.05) is 78.9 Å². The minimum Gasteiger partial charge on any atom is -0.496 e. The fraction of sp³-hybridized carbons (Fsp3) is 0.214. The Morgan fingerprint density at radius 1 is 0.971 bits per heavy atom. The number of hydrogen-bond donors (Lipinski definition) is 1. The lowest BCUT2D eigenvalue weighted by molar-refractivity contribution is 0.0945. The molecule has 4 rings (SSSR count). The Bertz CT molecular complexity index is 1190. The average molecular weight is 456 g/mol. The number of carbonyl (C=O) groups is 1. The monoisotopic (exact) mass is 455 g/mol. The van der Waals surface area contributed by atoms with E-state index in [2.05, 4.69) is 40.3 Å². The van der Waals surface area contributed by atoms with Crippen molar-refractivity contribution in [2.45, 2.75) is 32.6 Å². The van der Waals surface area contributed by atoms with E-state index < -0.39 is 0 Å². The third-order valence-electron chi connectivity index (χ3n) is 5.81. The molecule has 0 radical (unpaired) electrons. The number of rotatable bonds is 10. The van der Waals surface area contributed by atoms with Gasteiger partial charge in [-0.3, -0.25) is 9.69 Å². The molecule has 0 spiro atoms. The maximum atomic E-state index is 12.6. The van der Waals surface area contributed by atoms with Crippen LogP contribution in [0.3, 0.4) is 0 Å². The predicted molar refractivity (Wildman–Crippen MR) is 131 cm³/mol. The van der Waals surface area contributed by atoms with Crippen LogP contribution in [0.15, 0.2) is 95.6 Å². The first-order valence-electron chi connectivity index (χ1n) is 11.3. The molecule has 1 N–H and O–H groups in total. The molecule has 0 fully saturated rings. The fourth-order valence-electron chi connectivity index (χ4n) is 3.85. The van der Waals surface area contributed by atoms with Gasteiger partial charge in [0.25, 0.3) is 5.91 Å². The van der Waals surface area contributed by atoms with Gasteiger partial charge in [0.1, 0.15) is 12.0 Å². The van der Waals surface area contributed by atoms with Crippen molar-refractivity contribution in [3.05, 3.63) is 119 Å². The molecular formula is C28H29N3O3. The highest BCUT2D eigenvalue weighted by Crippen LogP contribution is 2.27. The summed E-state index contributed by atoms with van der Waals surface area (Å²) in [5.74, 6) is 1.06. The largest absolute Gasteiger partial charge is 0.496 e. The molecule has 1 heterocycles. The van der Waals surface area contributed by atoms with E-state index >= 15 is 0 Å². The first kappa shape index (κ1) is 23.3. The Morgan fingerprint density at radius 2 is 1.65 bits per heavy atom. The summed E-state index contributed by atoms with van der Waals surface area (Å²) in [5, 5.41) is 2.89. The summed E-state index contributed by atoms with van der Waals surface area (Å²) < 4.78 is 11.3. The Labute approximate surface area is 200 Å². The molecule has 1 atom stereocenters. The first-order valence-corrected chi connectivity index (χ1v) is 11.3. The third-order valence-corrected chi connectivity index (χ3v) is 5.81. The third kappa shape index (κ3) is 5.91. The second-order valence-corrected chi connectivity index (χ2v) is 8.10. The van der Waals surface area contributed by atoms with Crippen molar-refractivity contribution < 1.29 is 13.9 Å². The highest BCUT2D eigenvalue weighted by molar-refractivity contribution is 5.91. The summed E-state index contributed by atoms with van der Waals surface area (Å²) in [5.41, 5.74) is 3.56. The molecule has 0 aliphatic carbocycles. The second-order valence-electron chi connectivity index (χ2n) is 8.10. The number of nitrogens with one attached hydrogen (secondary N) is 1. The van der Waals surface area contributed by atoms with Crippen LogP contribution in [-0.4, -0.2) is 22.9 Å². The van der Waals surface area contributed by atoms with E-state index in [1.165, 1.54) is 11.8 Å².